The molecule has 0 amide bonds. The Morgan fingerprint density at radius 2 is 2.24 bits per heavy atom. The first kappa shape index (κ1) is 14.6. The minimum Gasteiger partial charge on any atom is -0.382 e. The van der Waals surface area contributed by atoms with Crippen molar-refractivity contribution in [3.63, 3.8) is 0 Å². The molecule has 2 aromatic rings. The molecule has 114 valence electrons. The highest BCUT2D eigenvalue weighted by Crippen LogP contribution is 2.51. The number of thioether (sulfide) groups is 1. The van der Waals surface area contributed by atoms with Crippen LogP contribution in [-0.4, -0.2) is 25.8 Å². The quantitative estimate of drug-likeness (QED) is 0.694. The van der Waals surface area contributed by atoms with Crippen LogP contribution in [0, 0.1) is 11.3 Å². The highest BCUT2D eigenvalue weighted by atomic mass is 32.2. The first-order valence-corrected chi connectivity index (χ1v) is 8.76. The monoisotopic (exact) mass is 305 g/mol. The van der Waals surface area contributed by atoms with E-state index >= 15 is 0 Å². The zero-order valence-corrected chi connectivity index (χ0v) is 13.9. The Balaban J connectivity index is 2.08. The Kier molecular flexibility index (Phi) is 3.59. The topological polar surface area (TPSA) is 69.6 Å². The molecule has 1 saturated carbocycles. The van der Waals surface area contributed by atoms with Crippen molar-refractivity contribution in [1.29, 1.82) is 0 Å². The molecule has 0 radical (unpaired) electrons. The van der Waals surface area contributed by atoms with Gasteiger partial charge in [0.15, 0.2) is 16.6 Å². The minimum atomic E-state index is 0.405. The third-order valence-electron chi connectivity index (χ3n) is 5.46. The number of nitrogen functional groups attached to an aromatic ring is 1. The number of anilines is 1. The minimum absolute atomic E-state index is 0.405. The molecule has 0 unspecified atom stereocenters. The first-order valence-electron chi connectivity index (χ1n) is 7.54. The molecular weight excluding hydrogens is 282 g/mol. The molecule has 5 nitrogen and oxygen atoms in total. The second-order valence-corrected chi connectivity index (χ2v) is 7.10. The molecule has 0 aromatic carbocycles. The lowest BCUT2D eigenvalue weighted by atomic mass is 9.78. The lowest BCUT2D eigenvalue weighted by molar-refractivity contribution is 0.206. The van der Waals surface area contributed by atoms with Gasteiger partial charge in [-0.3, -0.25) is 0 Å². The maximum Gasteiger partial charge on any atom is 0.191 e. The highest BCUT2D eigenvalue weighted by molar-refractivity contribution is 7.98. The lowest BCUT2D eigenvalue weighted by Gasteiger charge is -2.30. The molecule has 3 atom stereocenters. The average Bonchev–Trinajstić information content (AvgIpc) is 3.02. The number of rotatable bonds is 3. The second kappa shape index (κ2) is 5.16. The van der Waals surface area contributed by atoms with Crippen molar-refractivity contribution in [2.75, 3.05) is 12.0 Å². The third kappa shape index (κ3) is 2.20. The van der Waals surface area contributed by atoms with E-state index in [9.17, 15) is 0 Å². The van der Waals surface area contributed by atoms with Crippen molar-refractivity contribution in [2.24, 2.45) is 11.3 Å². The van der Waals surface area contributed by atoms with E-state index in [0.29, 0.717) is 28.3 Å². The number of fused-ring (bicyclic) bond motifs is 1. The highest BCUT2D eigenvalue weighted by Gasteiger charge is 2.42. The normalized spacial score (nSPS) is 29.3. The molecule has 0 bridgehead atoms. The smallest absolute Gasteiger partial charge is 0.191 e. The van der Waals surface area contributed by atoms with Crippen molar-refractivity contribution >= 4 is 28.7 Å². The summed E-state index contributed by atoms with van der Waals surface area (Å²) in [6.07, 6.45) is 7.50. The molecule has 0 saturated heterocycles. The molecule has 1 aliphatic rings. The predicted molar refractivity (Wildman–Crippen MR) is 87.3 cm³/mol. The van der Waals surface area contributed by atoms with Crippen LogP contribution >= 0.6 is 11.8 Å². The molecular formula is C15H23N5S. The van der Waals surface area contributed by atoms with Gasteiger partial charge in [-0.15, -0.1) is 0 Å². The van der Waals surface area contributed by atoms with E-state index in [2.05, 4.69) is 40.3 Å². The van der Waals surface area contributed by atoms with E-state index in [-0.39, 0.29) is 0 Å². The molecule has 1 aliphatic carbocycles. The second-order valence-electron chi connectivity index (χ2n) is 6.32. The summed E-state index contributed by atoms with van der Waals surface area (Å²) < 4.78 is 2.22. The predicted octanol–water partition coefficient (Wildman–Crippen LogP) is 3.52. The van der Waals surface area contributed by atoms with E-state index in [1.165, 1.54) is 31.0 Å². The SMILES string of the molecule is CC[C@]1(C)CC[C@H](n2cnc3c(N)nc(SC)nc32)[C@H]1C. The number of hydrogen-bond donors (Lipinski definition) is 1. The van der Waals surface area contributed by atoms with Gasteiger partial charge in [0.05, 0.1) is 6.33 Å². The number of imidazole rings is 1. The van der Waals surface area contributed by atoms with Gasteiger partial charge in [0, 0.05) is 6.04 Å². The van der Waals surface area contributed by atoms with Gasteiger partial charge in [0.25, 0.3) is 0 Å². The van der Waals surface area contributed by atoms with Gasteiger partial charge < -0.3 is 10.3 Å². The summed E-state index contributed by atoms with van der Waals surface area (Å²) in [5.41, 5.74) is 8.03. The molecule has 2 N–H and O–H groups in total. The fourth-order valence-corrected chi connectivity index (χ4v) is 3.92. The van der Waals surface area contributed by atoms with Crippen molar-refractivity contribution in [2.45, 2.75) is 51.2 Å². The molecule has 0 spiro atoms. The largest absolute Gasteiger partial charge is 0.382 e. The lowest BCUT2D eigenvalue weighted by Crippen LogP contribution is -2.23. The van der Waals surface area contributed by atoms with Gasteiger partial charge >= 0.3 is 0 Å². The Bertz CT molecular complexity index is 667. The summed E-state index contributed by atoms with van der Waals surface area (Å²) >= 11 is 1.51. The molecule has 2 heterocycles. The summed E-state index contributed by atoms with van der Waals surface area (Å²) in [6.45, 7) is 7.04. The van der Waals surface area contributed by atoms with Crippen LogP contribution in [0.2, 0.25) is 0 Å². The summed E-state index contributed by atoms with van der Waals surface area (Å²) in [7, 11) is 0. The van der Waals surface area contributed by atoms with Crippen molar-refractivity contribution < 1.29 is 0 Å². The number of nitrogens with two attached hydrogens (primary N) is 1. The van der Waals surface area contributed by atoms with Crippen molar-refractivity contribution in [3.05, 3.63) is 6.33 Å². The Morgan fingerprint density at radius 3 is 2.86 bits per heavy atom. The van der Waals surface area contributed by atoms with Crippen molar-refractivity contribution in [3.8, 4) is 0 Å². The summed E-state index contributed by atoms with van der Waals surface area (Å²) in [5.74, 6) is 1.08. The van der Waals surface area contributed by atoms with Crippen LogP contribution in [0.25, 0.3) is 11.2 Å². The zero-order chi connectivity index (χ0) is 15.2. The summed E-state index contributed by atoms with van der Waals surface area (Å²) in [4.78, 5) is 13.4. The van der Waals surface area contributed by atoms with Crippen LogP contribution < -0.4 is 5.73 Å². The van der Waals surface area contributed by atoms with E-state index in [1.807, 2.05) is 12.6 Å². The number of nitrogens with zero attached hydrogens (tertiary/aromatic N) is 4. The van der Waals surface area contributed by atoms with Gasteiger partial charge in [0.2, 0.25) is 0 Å². The van der Waals surface area contributed by atoms with Gasteiger partial charge in [-0.05, 0) is 30.4 Å². The first-order chi connectivity index (χ1) is 10.00. The molecule has 0 aliphatic heterocycles. The van der Waals surface area contributed by atoms with Crippen molar-refractivity contribution in [1.82, 2.24) is 19.5 Å². The standard InChI is InChI=1S/C15H23N5S/c1-5-15(3)7-6-10(9(15)2)20-8-17-11-12(16)18-14(21-4)19-13(11)20/h8-10H,5-7H2,1-4H3,(H2,16,18,19)/t9-,10+,15-/m1/s1. The maximum absolute atomic E-state index is 6.02. The van der Waals surface area contributed by atoms with Crippen LogP contribution in [0.15, 0.2) is 11.5 Å². The Morgan fingerprint density at radius 1 is 1.48 bits per heavy atom. The maximum atomic E-state index is 6.02. The number of aromatic nitrogens is 4. The van der Waals surface area contributed by atoms with E-state index in [0.717, 1.165) is 11.2 Å². The van der Waals surface area contributed by atoms with Crippen LogP contribution in [-0.2, 0) is 0 Å². The van der Waals surface area contributed by atoms with Crippen LogP contribution in [0.5, 0.6) is 0 Å². The fourth-order valence-electron chi connectivity index (χ4n) is 3.55. The van der Waals surface area contributed by atoms with Gasteiger partial charge in [-0.25, -0.2) is 15.0 Å². The molecule has 6 heteroatoms. The van der Waals surface area contributed by atoms with Crippen LogP contribution in [0.3, 0.4) is 0 Å². The Labute approximate surface area is 129 Å². The molecule has 3 rings (SSSR count). The van der Waals surface area contributed by atoms with E-state index in [4.69, 9.17) is 5.73 Å². The van der Waals surface area contributed by atoms with Crippen LogP contribution in [0.4, 0.5) is 5.82 Å². The van der Waals surface area contributed by atoms with E-state index in [1.54, 1.807) is 0 Å². The van der Waals surface area contributed by atoms with Gasteiger partial charge in [-0.1, -0.05) is 39.0 Å². The summed E-state index contributed by atoms with van der Waals surface area (Å²) in [6, 6.07) is 0.448. The van der Waals surface area contributed by atoms with E-state index < -0.39 is 0 Å². The average molecular weight is 305 g/mol. The zero-order valence-electron chi connectivity index (χ0n) is 13.1. The molecule has 1 fully saturated rings. The van der Waals surface area contributed by atoms with Crippen LogP contribution in [0.1, 0.15) is 46.1 Å². The van der Waals surface area contributed by atoms with Gasteiger partial charge in [-0.2, -0.15) is 0 Å². The fraction of sp³-hybridized carbons (Fsp3) is 0.667. The Hall–Kier alpha value is -1.30. The number of hydrogen-bond acceptors (Lipinski definition) is 5. The third-order valence-corrected chi connectivity index (χ3v) is 6.01. The molecule has 21 heavy (non-hydrogen) atoms. The van der Waals surface area contributed by atoms with Gasteiger partial charge in [0.1, 0.15) is 5.52 Å². The summed E-state index contributed by atoms with van der Waals surface area (Å²) in [5, 5.41) is 0.714. The molecule has 2 aromatic heterocycles.